The maximum atomic E-state index is 12.6. The summed E-state index contributed by atoms with van der Waals surface area (Å²) in [6.45, 7) is 6.46. The molecule has 0 radical (unpaired) electrons. The lowest BCUT2D eigenvalue weighted by Gasteiger charge is -2.22. The number of carbonyl (C=O) groups is 1. The van der Waals surface area contributed by atoms with Crippen molar-refractivity contribution in [3.8, 4) is 0 Å². The number of likely N-dealkylation sites (N-methyl/N-ethyl adjacent to an activating group) is 1. The first kappa shape index (κ1) is 17.3. The monoisotopic (exact) mass is 340 g/mol. The van der Waals surface area contributed by atoms with Gasteiger partial charge in [0.15, 0.2) is 5.76 Å². The highest BCUT2D eigenvalue weighted by atomic mass is 16.3. The maximum Gasteiger partial charge on any atom is 0.287 e. The number of hydrogen-bond acceptors (Lipinski definition) is 4. The molecule has 5 nitrogen and oxygen atoms in total. The van der Waals surface area contributed by atoms with Gasteiger partial charge in [-0.1, -0.05) is 0 Å². The standard InChI is InChI=1S/C20H24N2O3/c1-12-9-15-14(3)19(25-18(15)10-13(12)2)20(23)21-11-16(22(4)5)17-7-6-8-24-17/h6-10,16H,11H2,1-5H3,(H,21,23). The number of fused-ring (bicyclic) bond motifs is 1. The Labute approximate surface area is 147 Å². The van der Waals surface area contributed by atoms with Gasteiger partial charge in [-0.25, -0.2) is 0 Å². The molecule has 0 aliphatic heterocycles. The van der Waals surface area contributed by atoms with Gasteiger partial charge in [0.25, 0.3) is 5.91 Å². The van der Waals surface area contributed by atoms with Gasteiger partial charge in [-0.2, -0.15) is 0 Å². The molecule has 0 bridgehead atoms. The first-order chi connectivity index (χ1) is 11.9. The van der Waals surface area contributed by atoms with Crippen molar-refractivity contribution in [1.82, 2.24) is 10.2 Å². The van der Waals surface area contributed by atoms with Crippen molar-refractivity contribution >= 4 is 16.9 Å². The molecule has 2 aromatic heterocycles. The van der Waals surface area contributed by atoms with Crippen LogP contribution in [0.4, 0.5) is 0 Å². The summed E-state index contributed by atoms with van der Waals surface area (Å²) in [5.41, 5.74) is 3.96. The van der Waals surface area contributed by atoms with Crippen LogP contribution in [-0.4, -0.2) is 31.4 Å². The second kappa shape index (κ2) is 6.76. The number of furan rings is 2. The Morgan fingerprint density at radius 3 is 2.56 bits per heavy atom. The van der Waals surface area contributed by atoms with Gasteiger partial charge in [0, 0.05) is 17.5 Å². The molecule has 0 aliphatic carbocycles. The van der Waals surface area contributed by atoms with E-state index >= 15 is 0 Å². The van der Waals surface area contributed by atoms with Crippen molar-refractivity contribution in [2.24, 2.45) is 0 Å². The molecule has 1 aromatic carbocycles. The minimum atomic E-state index is -0.206. The maximum absolute atomic E-state index is 12.6. The zero-order chi connectivity index (χ0) is 18.1. The molecule has 1 N–H and O–H groups in total. The largest absolute Gasteiger partial charge is 0.468 e. The molecule has 1 unspecified atom stereocenters. The molecule has 3 rings (SSSR count). The van der Waals surface area contributed by atoms with Gasteiger partial charge in [-0.15, -0.1) is 0 Å². The normalized spacial score (nSPS) is 12.7. The van der Waals surface area contributed by atoms with Crippen LogP contribution in [0.2, 0.25) is 0 Å². The summed E-state index contributed by atoms with van der Waals surface area (Å²) in [4.78, 5) is 14.7. The number of benzene rings is 1. The number of nitrogens with one attached hydrogen (secondary N) is 1. The third-order valence-corrected chi connectivity index (χ3v) is 4.71. The summed E-state index contributed by atoms with van der Waals surface area (Å²) < 4.78 is 11.3. The van der Waals surface area contributed by atoms with E-state index in [1.54, 1.807) is 6.26 Å². The minimum Gasteiger partial charge on any atom is -0.468 e. The fourth-order valence-corrected chi connectivity index (χ4v) is 2.98. The van der Waals surface area contributed by atoms with E-state index in [-0.39, 0.29) is 11.9 Å². The molecule has 132 valence electrons. The number of aryl methyl sites for hydroxylation is 3. The molecule has 0 aliphatic rings. The Kier molecular flexibility index (Phi) is 4.68. The van der Waals surface area contributed by atoms with Crippen LogP contribution >= 0.6 is 0 Å². The molecule has 2 heterocycles. The van der Waals surface area contributed by atoms with E-state index in [1.807, 2.05) is 51.0 Å². The lowest BCUT2D eigenvalue weighted by atomic mass is 10.0. The lowest BCUT2D eigenvalue weighted by molar-refractivity contribution is 0.0912. The van der Waals surface area contributed by atoms with Crippen molar-refractivity contribution in [1.29, 1.82) is 0 Å². The number of hydrogen-bond donors (Lipinski definition) is 1. The first-order valence-corrected chi connectivity index (χ1v) is 8.37. The molecule has 1 amide bonds. The van der Waals surface area contributed by atoms with Gasteiger partial charge >= 0.3 is 0 Å². The molecular formula is C20H24N2O3. The van der Waals surface area contributed by atoms with Gasteiger partial charge in [0.2, 0.25) is 0 Å². The van der Waals surface area contributed by atoms with Crippen LogP contribution in [0.5, 0.6) is 0 Å². The molecule has 0 spiro atoms. The summed E-state index contributed by atoms with van der Waals surface area (Å²) in [6.07, 6.45) is 1.64. The predicted molar refractivity (Wildman–Crippen MR) is 97.9 cm³/mol. The van der Waals surface area contributed by atoms with Crippen LogP contribution in [-0.2, 0) is 0 Å². The Bertz CT molecular complexity index is 891. The molecule has 25 heavy (non-hydrogen) atoms. The number of nitrogens with zero attached hydrogens (tertiary/aromatic N) is 1. The fourth-order valence-electron chi connectivity index (χ4n) is 2.98. The zero-order valence-electron chi connectivity index (χ0n) is 15.3. The SMILES string of the molecule is Cc1cc2oc(C(=O)NCC(c3ccco3)N(C)C)c(C)c2cc1C. The van der Waals surface area contributed by atoms with Crippen molar-refractivity contribution in [3.05, 3.63) is 58.7 Å². The van der Waals surface area contributed by atoms with Crippen molar-refractivity contribution in [2.45, 2.75) is 26.8 Å². The van der Waals surface area contributed by atoms with Gasteiger partial charge in [-0.05, 0) is 70.3 Å². The van der Waals surface area contributed by atoms with Crippen LogP contribution in [0.25, 0.3) is 11.0 Å². The Hall–Kier alpha value is -2.53. The van der Waals surface area contributed by atoms with Crippen LogP contribution in [0.15, 0.2) is 39.4 Å². The zero-order valence-corrected chi connectivity index (χ0v) is 15.3. The molecule has 1 atom stereocenters. The fraction of sp³-hybridized carbons (Fsp3) is 0.350. The van der Waals surface area contributed by atoms with Crippen LogP contribution < -0.4 is 5.32 Å². The van der Waals surface area contributed by atoms with E-state index in [2.05, 4.69) is 18.3 Å². The van der Waals surface area contributed by atoms with E-state index in [9.17, 15) is 4.79 Å². The number of rotatable bonds is 5. The molecular weight excluding hydrogens is 316 g/mol. The average Bonchev–Trinajstić information content (AvgIpc) is 3.18. The van der Waals surface area contributed by atoms with Gasteiger partial charge in [0.1, 0.15) is 11.3 Å². The molecule has 0 saturated heterocycles. The summed E-state index contributed by atoms with van der Waals surface area (Å²) in [7, 11) is 3.91. The van der Waals surface area contributed by atoms with E-state index in [1.165, 1.54) is 5.56 Å². The lowest BCUT2D eigenvalue weighted by Crippen LogP contribution is -2.34. The second-order valence-corrected chi connectivity index (χ2v) is 6.69. The Morgan fingerprint density at radius 1 is 1.20 bits per heavy atom. The highest BCUT2D eigenvalue weighted by Gasteiger charge is 2.22. The van der Waals surface area contributed by atoms with Crippen molar-refractivity contribution in [3.63, 3.8) is 0 Å². The van der Waals surface area contributed by atoms with E-state index < -0.39 is 0 Å². The van der Waals surface area contributed by atoms with Crippen LogP contribution in [0, 0.1) is 20.8 Å². The summed E-state index contributed by atoms with van der Waals surface area (Å²) in [5, 5.41) is 3.95. The number of carbonyl (C=O) groups excluding carboxylic acids is 1. The highest BCUT2D eigenvalue weighted by Crippen LogP contribution is 2.28. The Morgan fingerprint density at radius 2 is 1.92 bits per heavy atom. The van der Waals surface area contributed by atoms with Crippen molar-refractivity contribution < 1.29 is 13.6 Å². The predicted octanol–water partition coefficient (Wildman–Crippen LogP) is 3.98. The molecule has 3 aromatic rings. The number of amides is 1. The van der Waals surface area contributed by atoms with E-state index in [4.69, 9.17) is 8.83 Å². The van der Waals surface area contributed by atoms with Gasteiger partial charge < -0.3 is 14.2 Å². The molecule has 5 heteroatoms. The summed E-state index contributed by atoms with van der Waals surface area (Å²) in [5.74, 6) is 0.984. The van der Waals surface area contributed by atoms with E-state index in [0.717, 1.165) is 27.9 Å². The van der Waals surface area contributed by atoms with Crippen molar-refractivity contribution in [2.75, 3.05) is 20.6 Å². The molecule has 0 saturated carbocycles. The summed E-state index contributed by atoms with van der Waals surface area (Å²) in [6, 6.07) is 7.79. The second-order valence-electron chi connectivity index (χ2n) is 6.69. The first-order valence-electron chi connectivity index (χ1n) is 8.37. The quantitative estimate of drug-likeness (QED) is 0.763. The van der Waals surface area contributed by atoms with Crippen LogP contribution in [0.3, 0.4) is 0 Å². The summed E-state index contributed by atoms with van der Waals surface area (Å²) >= 11 is 0. The topological polar surface area (TPSA) is 58.6 Å². The van der Waals surface area contributed by atoms with Crippen LogP contribution in [0.1, 0.15) is 39.0 Å². The third kappa shape index (κ3) is 3.33. The highest BCUT2D eigenvalue weighted by molar-refractivity contribution is 5.99. The van der Waals surface area contributed by atoms with E-state index in [0.29, 0.717) is 12.3 Å². The smallest absolute Gasteiger partial charge is 0.287 e. The van der Waals surface area contributed by atoms with Gasteiger partial charge in [-0.3, -0.25) is 9.69 Å². The average molecular weight is 340 g/mol. The molecule has 0 fully saturated rings. The minimum absolute atomic E-state index is 0.0341. The van der Waals surface area contributed by atoms with Gasteiger partial charge in [0.05, 0.1) is 12.3 Å². The Balaban J connectivity index is 1.81. The third-order valence-electron chi connectivity index (χ3n) is 4.71.